The Morgan fingerprint density at radius 2 is 2.44 bits per heavy atom. The maximum atomic E-state index is 12.5. The molecule has 0 radical (unpaired) electrons. The number of rotatable bonds is 0. The topological polar surface area (TPSA) is 12.5 Å². The summed E-state index contributed by atoms with van der Waals surface area (Å²) in [6.45, 7) is 2.29. The van der Waals surface area contributed by atoms with E-state index < -0.39 is 6.17 Å². The van der Waals surface area contributed by atoms with E-state index in [9.17, 15) is 4.39 Å². The number of hydrogen-bond acceptors (Lipinski definition) is 2. The molecule has 1 atom stereocenters. The Kier molecular flexibility index (Phi) is 2.42. The van der Waals surface area contributed by atoms with Gasteiger partial charge >= 0.3 is 0 Å². The second kappa shape index (κ2) is 3.13. The van der Waals surface area contributed by atoms with Crippen molar-refractivity contribution in [2.75, 3.05) is 33.4 Å². The van der Waals surface area contributed by atoms with Crippen molar-refractivity contribution in [3.8, 4) is 0 Å². The van der Waals surface area contributed by atoms with Crippen molar-refractivity contribution in [3.05, 3.63) is 0 Å². The van der Waals surface area contributed by atoms with Crippen LogP contribution >= 0.6 is 0 Å². The van der Waals surface area contributed by atoms with Gasteiger partial charge in [-0.1, -0.05) is 0 Å². The highest BCUT2D eigenvalue weighted by atomic mass is 19.1. The van der Waals surface area contributed by atoms with E-state index in [-0.39, 0.29) is 6.61 Å². The first-order chi connectivity index (χ1) is 4.29. The van der Waals surface area contributed by atoms with E-state index in [1.165, 1.54) is 0 Å². The molecule has 1 saturated heterocycles. The van der Waals surface area contributed by atoms with Crippen LogP contribution in [-0.2, 0) is 4.74 Å². The number of halogens is 1. The van der Waals surface area contributed by atoms with Crippen molar-refractivity contribution in [3.63, 3.8) is 0 Å². The van der Waals surface area contributed by atoms with Gasteiger partial charge in [-0.25, -0.2) is 4.39 Å². The number of hydrogen-bond donors (Lipinski definition) is 0. The lowest BCUT2D eigenvalue weighted by Crippen LogP contribution is -2.26. The molecule has 9 heavy (non-hydrogen) atoms. The lowest BCUT2D eigenvalue weighted by molar-refractivity contribution is 0.105. The smallest absolute Gasteiger partial charge is 0.136 e. The van der Waals surface area contributed by atoms with E-state index in [0.717, 1.165) is 6.54 Å². The molecule has 2 nitrogen and oxygen atoms in total. The highest BCUT2D eigenvalue weighted by Gasteiger charge is 2.13. The maximum Gasteiger partial charge on any atom is 0.136 e. The Bertz CT molecular complexity index is 79.1. The molecular formula is C6H12FNO. The lowest BCUT2D eigenvalue weighted by Gasteiger charge is -2.11. The summed E-state index contributed by atoms with van der Waals surface area (Å²) in [5.74, 6) is 0. The van der Waals surface area contributed by atoms with E-state index in [1.54, 1.807) is 0 Å². The molecule has 1 fully saturated rings. The predicted molar refractivity (Wildman–Crippen MR) is 33.2 cm³/mol. The lowest BCUT2D eigenvalue weighted by atomic mass is 10.4. The molecule has 0 N–H and O–H groups in total. The van der Waals surface area contributed by atoms with Gasteiger partial charge in [0, 0.05) is 13.1 Å². The van der Waals surface area contributed by atoms with Gasteiger partial charge in [-0.15, -0.1) is 0 Å². The Balaban J connectivity index is 2.29. The van der Waals surface area contributed by atoms with Crippen LogP contribution in [0.1, 0.15) is 0 Å². The van der Waals surface area contributed by atoms with E-state index in [0.29, 0.717) is 13.2 Å². The van der Waals surface area contributed by atoms with Gasteiger partial charge in [0.1, 0.15) is 6.17 Å². The molecule has 1 heterocycles. The second-order valence-electron chi connectivity index (χ2n) is 2.43. The molecule has 0 aromatic rings. The van der Waals surface area contributed by atoms with Crippen LogP contribution in [0.15, 0.2) is 0 Å². The van der Waals surface area contributed by atoms with Crippen molar-refractivity contribution < 1.29 is 9.13 Å². The Morgan fingerprint density at radius 3 is 3.22 bits per heavy atom. The molecule has 0 bridgehead atoms. The van der Waals surface area contributed by atoms with E-state index in [4.69, 9.17) is 4.74 Å². The fraction of sp³-hybridized carbons (Fsp3) is 1.00. The summed E-state index contributed by atoms with van der Waals surface area (Å²) in [6, 6.07) is 0. The molecule has 0 saturated carbocycles. The molecule has 3 heteroatoms. The van der Waals surface area contributed by atoms with Crippen LogP contribution in [0.25, 0.3) is 0 Å². The summed E-state index contributed by atoms with van der Waals surface area (Å²) in [5.41, 5.74) is 0. The first-order valence-electron chi connectivity index (χ1n) is 3.19. The Labute approximate surface area is 54.6 Å². The summed E-state index contributed by atoms with van der Waals surface area (Å²) in [4.78, 5) is 1.94. The zero-order valence-electron chi connectivity index (χ0n) is 5.64. The van der Waals surface area contributed by atoms with E-state index >= 15 is 0 Å². The third-order valence-corrected chi connectivity index (χ3v) is 1.43. The van der Waals surface area contributed by atoms with Gasteiger partial charge in [0.2, 0.25) is 0 Å². The van der Waals surface area contributed by atoms with Crippen LogP contribution in [0, 0.1) is 0 Å². The summed E-state index contributed by atoms with van der Waals surface area (Å²) < 4.78 is 17.5. The second-order valence-corrected chi connectivity index (χ2v) is 2.43. The third-order valence-electron chi connectivity index (χ3n) is 1.43. The molecular weight excluding hydrogens is 121 g/mol. The van der Waals surface area contributed by atoms with Gasteiger partial charge in [0.05, 0.1) is 13.2 Å². The minimum atomic E-state index is -0.794. The van der Waals surface area contributed by atoms with Gasteiger partial charge in [-0.05, 0) is 7.05 Å². The largest absolute Gasteiger partial charge is 0.377 e. The Morgan fingerprint density at radius 1 is 1.67 bits per heavy atom. The molecule has 0 aliphatic carbocycles. The number of ether oxygens (including phenoxy) is 1. The standard InChI is InChI=1S/C6H12FNO/c1-8-2-3-9-5-6(7)4-8/h6H,2-5H2,1H3. The zero-order valence-corrected chi connectivity index (χ0v) is 5.64. The summed E-state index contributed by atoms with van der Waals surface area (Å²) in [6.07, 6.45) is -0.794. The quantitative estimate of drug-likeness (QED) is 0.471. The van der Waals surface area contributed by atoms with Crippen molar-refractivity contribution in [1.82, 2.24) is 4.90 Å². The maximum absolute atomic E-state index is 12.5. The highest BCUT2D eigenvalue weighted by molar-refractivity contribution is 4.64. The van der Waals surface area contributed by atoms with Gasteiger partial charge < -0.3 is 9.64 Å². The highest BCUT2D eigenvalue weighted by Crippen LogP contribution is 1.99. The summed E-state index contributed by atoms with van der Waals surface area (Å²) in [5, 5.41) is 0. The Hall–Kier alpha value is -0.150. The van der Waals surface area contributed by atoms with E-state index in [1.807, 2.05) is 11.9 Å². The third kappa shape index (κ3) is 2.28. The summed E-state index contributed by atoms with van der Waals surface area (Å²) in [7, 11) is 1.90. The monoisotopic (exact) mass is 133 g/mol. The van der Waals surface area contributed by atoms with Crippen LogP contribution in [0.5, 0.6) is 0 Å². The zero-order chi connectivity index (χ0) is 6.69. The molecule has 1 rings (SSSR count). The predicted octanol–water partition coefficient (Wildman–Crippen LogP) is 0.286. The minimum absolute atomic E-state index is 0.268. The molecule has 0 aromatic carbocycles. The SMILES string of the molecule is CN1CCOCC(F)C1. The molecule has 1 aliphatic rings. The average Bonchev–Trinajstić information content (AvgIpc) is 1.93. The first kappa shape index (κ1) is 6.96. The van der Waals surface area contributed by atoms with Gasteiger partial charge in [0.25, 0.3) is 0 Å². The normalized spacial score (nSPS) is 32.0. The number of alkyl halides is 1. The fourth-order valence-corrected chi connectivity index (χ4v) is 0.914. The average molecular weight is 133 g/mol. The minimum Gasteiger partial charge on any atom is -0.377 e. The van der Waals surface area contributed by atoms with Crippen LogP contribution in [0.4, 0.5) is 4.39 Å². The van der Waals surface area contributed by atoms with Crippen molar-refractivity contribution in [1.29, 1.82) is 0 Å². The van der Waals surface area contributed by atoms with Gasteiger partial charge in [-0.2, -0.15) is 0 Å². The van der Waals surface area contributed by atoms with Crippen LogP contribution in [0.3, 0.4) is 0 Å². The molecule has 54 valence electrons. The summed E-state index contributed by atoms with van der Waals surface area (Å²) >= 11 is 0. The van der Waals surface area contributed by atoms with Crippen LogP contribution in [0.2, 0.25) is 0 Å². The van der Waals surface area contributed by atoms with Crippen LogP contribution < -0.4 is 0 Å². The molecule has 1 aliphatic heterocycles. The molecule has 0 aromatic heterocycles. The van der Waals surface area contributed by atoms with Crippen LogP contribution in [-0.4, -0.2) is 44.4 Å². The molecule has 0 amide bonds. The van der Waals surface area contributed by atoms with Crippen molar-refractivity contribution >= 4 is 0 Å². The van der Waals surface area contributed by atoms with E-state index in [2.05, 4.69) is 0 Å². The van der Waals surface area contributed by atoms with Crippen molar-refractivity contribution in [2.45, 2.75) is 6.17 Å². The van der Waals surface area contributed by atoms with Gasteiger partial charge in [0.15, 0.2) is 0 Å². The number of likely N-dealkylation sites (N-methyl/N-ethyl adjacent to an activating group) is 1. The fourth-order valence-electron chi connectivity index (χ4n) is 0.914. The first-order valence-corrected chi connectivity index (χ1v) is 3.19. The number of nitrogens with zero attached hydrogens (tertiary/aromatic N) is 1. The molecule has 1 unspecified atom stereocenters. The van der Waals surface area contributed by atoms with Gasteiger partial charge in [-0.3, -0.25) is 0 Å². The van der Waals surface area contributed by atoms with Crippen molar-refractivity contribution in [2.24, 2.45) is 0 Å². The molecule has 0 spiro atoms.